The number of hydrogen-bond acceptors (Lipinski definition) is 4. The Hall–Kier alpha value is 1.08. The van der Waals surface area contributed by atoms with Crippen molar-refractivity contribution in [1.82, 2.24) is 0 Å². The van der Waals surface area contributed by atoms with Crippen LogP contribution in [0.15, 0.2) is 0 Å². The molecule has 8 nitrogen and oxygen atoms in total. The largest absolute Gasteiger partial charge is 0.394 e. The predicted molar refractivity (Wildman–Crippen MR) is 45.5 cm³/mol. The molecule has 0 radical (unpaired) electrons. The van der Waals surface area contributed by atoms with Gasteiger partial charge in [-0.1, -0.05) is 0 Å². The maximum atomic E-state index is 8.74. The van der Waals surface area contributed by atoms with Crippen LogP contribution < -0.4 is 0 Å². The third-order valence-corrected chi connectivity index (χ3v) is 0. The topological polar surface area (TPSA) is 149 Å². The van der Waals surface area contributed by atoms with E-state index in [1.807, 2.05) is 0 Å². The van der Waals surface area contributed by atoms with Crippen LogP contribution in [0.1, 0.15) is 0 Å². The Morgan fingerprint density at radius 2 is 0.692 bits per heavy atom. The average Bonchev–Trinajstić information content (AvgIpc) is 1.12. The maximum absolute atomic E-state index is 8.74. The number of hydrogen-bond donors (Lipinski definition) is 4. The Kier molecular flexibility index (Phi) is 25.1. The van der Waals surface area contributed by atoms with Crippen molar-refractivity contribution >= 4 is 50.6 Å². The molecule has 0 aliphatic carbocycles. The molecular weight excluding hydrogens is 310 g/mol. The van der Waals surface area contributed by atoms with Crippen LogP contribution in [-0.4, -0.2) is 52.4 Å². The average molecular weight is 318 g/mol. The fraction of sp³-hybridized carbons (Fsp3) is 0. The van der Waals surface area contributed by atoms with Crippen LogP contribution >= 0.6 is 12.4 Å². The smallest absolute Gasteiger partial charge is 0.264 e. The molecule has 0 heterocycles. The first-order chi connectivity index (χ1) is 4.00. The van der Waals surface area contributed by atoms with E-state index >= 15 is 0 Å². The summed E-state index contributed by atoms with van der Waals surface area (Å²) >= 11 is 0. The zero-order chi connectivity index (χ0) is 9.00. The minimum absolute atomic E-state index is 0. The quantitative estimate of drug-likeness (QED) is 0.294. The van der Waals surface area contributed by atoms with Gasteiger partial charge in [0.2, 0.25) is 0 Å². The molecule has 0 aromatic rings. The van der Waals surface area contributed by atoms with Crippen LogP contribution in [0.25, 0.3) is 0 Å². The Morgan fingerprint density at radius 1 is 0.692 bits per heavy atom. The zero-order valence-electron chi connectivity index (χ0n) is 5.00. The standard InChI is InChI=1S/Al.ClH.Fe.2H2O4S.3H/c;;;2*1-5(2,3)4;;;/h;1H;;2*(H2,1,2,3,4);;;. The van der Waals surface area contributed by atoms with Crippen molar-refractivity contribution < 1.29 is 52.1 Å². The van der Waals surface area contributed by atoms with Gasteiger partial charge in [-0.3, -0.25) is 18.2 Å². The van der Waals surface area contributed by atoms with Crippen LogP contribution in [-0.2, 0) is 37.9 Å². The summed E-state index contributed by atoms with van der Waals surface area (Å²) in [6.45, 7) is 0. The fourth-order valence-electron chi connectivity index (χ4n) is 0. The van der Waals surface area contributed by atoms with Crippen molar-refractivity contribution in [3.05, 3.63) is 0 Å². The van der Waals surface area contributed by atoms with Crippen LogP contribution in [0.5, 0.6) is 0 Å². The van der Waals surface area contributed by atoms with Gasteiger partial charge in [0, 0.05) is 17.1 Å². The Balaban J connectivity index is -0.0000000267. The molecule has 0 fully saturated rings. The second-order valence-corrected chi connectivity index (χ2v) is 2.69. The molecule has 0 aliphatic heterocycles. The van der Waals surface area contributed by atoms with Gasteiger partial charge in [0.25, 0.3) is 0 Å². The normalized spacial score (nSPS) is 8.92. The van der Waals surface area contributed by atoms with Crippen molar-refractivity contribution in [2.75, 3.05) is 0 Å². The number of halogens is 1. The molecule has 0 bridgehead atoms. The van der Waals surface area contributed by atoms with E-state index in [2.05, 4.69) is 0 Å². The Labute approximate surface area is 102 Å². The van der Waals surface area contributed by atoms with E-state index in [-0.39, 0.29) is 46.8 Å². The molecule has 4 N–H and O–H groups in total. The first kappa shape index (κ1) is 29.2. The molecular formula is H8AlClFeO8S2. The summed E-state index contributed by atoms with van der Waals surface area (Å²) in [5, 5.41) is 0. The molecule has 0 unspecified atom stereocenters. The van der Waals surface area contributed by atoms with Gasteiger partial charge in [0.1, 0.15) is 0 Å². The molecule has 0 aliphatic rings. The summed E-state index contributed by atoms with van der Waals surface area (Å²) in [6.07, 6.45) is 0. The SMILES string of the molecule is Cl.O=S(=O)(O)O.O=S(=O)(O)O.[AlH3].[Fe]. The monoisotopic (exact) mass is 318 g/mol. The predicted octanol–water partition coefficient (Wildman–Crippen LogP) is -2.07. The van der Waals surface area contributed by atoms with Crippen molar-refractivity contribution in [3.63, 3.8) is 0 Å². The molecule has 0 aromatic carbocycles. The summed E-state index contributed by atoms with van der Waals surface area (Å²) in [5.41, 5.74) is 0. The second kappa shape index (κ2) is 11.2. The minimum Gasteiger partial charge on any atom is -0.264 e. The first-order valence-electron chi connectivity index (χ1n) is 1.40. The van der Waals surface area contributed by atoms with Crippen LogP contribution in [0.4, 0.5) is 0 Å². The summed E-state index contributed by atoms with van der Waals surface area (Å²) in [6, 6.07) is 0. The third kappa shape index (κ3) is 1370. The molecule has 13 heteroatoms. The molecule has 0 saturated heterocycles. The minimum atomic E-state index is -4.67. The zero-order valence-corrected chi connectivity index (χ0v) is 8.55. The van der Waals surface area contributed by atoms with Crippen LogP contribution in [0.2, 0.25) is 0 Å². The van der Waals surface area contributed by atoms with E-state index in [1.165, 1.54) is 0 Å². The molecule has 0 amide bonds. The van der Waals surface area contributed by atoms with Gasteiger partial charge < -0.3 is 0 Å². The van der Waals surface area contributed by atoms with Crippen molar-refractivity contribution in [1.29, 1.82) is 0 Å². The summed E-state index contributed by atoms with van der Waals surface area (Å²) in [7, 11) is -9.33. The first-order valence-corrected chi connectivity index (χ1v) is 4.19. The Morgan fingerprint density at radius 3 is 0.692 bits per heavy atom. The van der Waals surface area contributed by atoms with Gasteiger partial charge in [-0.25, -0.2) is 0 Å². The molecule has 86 valence electrons. The van der Waals surface area contributed by atoms with Gasteiger partial charge in [-0.2, -0.15) is 16.8 Å². The fourth-order valence-corrected chi connectivity index (χ4v) is 0. The second-order valence-electron chi connectivity index (χ2n) is 0.896. The van der Waals surface area contributed by atoms with Gasteiger partial charge in [-0.15, -0.1) is 12.4 Å². The van der Waals surface area contributed by atoms with Crippen molar-refractivity contribution in [2.45, 2.75) is 0 Å². The third-order valence-electron chi connectivity index (χ3n) is 0. The van der Waals surface area contributed by atoms with E-state index in [9.17, 15) is 0 Å². The molecule has 0 saturated carbocycles. The van der Waals surface area contributed by atoms with Crippen LogP contribution in [0, 0.1) is 0 Å². The molecule has 0 rings (SSSR count). The van der Waals surface area contributed by atoms with Crippen LogP contribution in [0.3, 0.4) is 0 Å². The molecule has 0 spiro atoms. The molecule has 0 aromatic heterocycles. The van der Waals surface area contributed by atoms with E-state index < -0.39 is 20.8 Å². The molecule has 0 atom stereocenters. The van der Waals surface area contributed by atoms with E-state index in [4.69, 9.17) is 35.0 Å². The Bertz CT molecular complexity index is 219. The van der Waals surface area contributed by atoms with E-state index in [0.29, 0.717) is 0 Å². The number of rotatable bonds is 0. The van der Waals surface area contributed by atoms with Crippen molar-refractivity contribution in [3.8, 4) is 0 Å². The molecule has 13 heavy (non-hydrogen) atoms. The van der Waals surface area contributed by atoms with Crippen molar-refractivity contribution in [2.24, 2.45) is 0 Å². The summed E-state index contributed by atoms with van der Waals surface area (Å²) in [4.78, 5) is 0. The summed E-state index contributed by atoms with van der Waals surface area (Å²) < 4.78 is 63.2. The van der Waals surface area contributed by atoms with E-state index in [0.717, 1.165) is 0 Å². The maximum Gasteiger partial charge on any atom is 0.394 e. The summed E-state index contributed by atoms with van der Waals surface area (Å²) in [5.74, 6) is 0. The van der Waals surface area contributed by atoms with Gasteiger partial charge in [0.05, 0.1) is 0 Å². The van der Waals surface area contributed by atoms with Gasteiger partial charge in [0.15, 0.2) is 17.4 Å². The van der Waals surface area contributed by atoms with Gasteiger partial charge in [-0.05, 0) is 0 Å². The van der Waals surface area contributed by atoms with E-state index in [1.54, 1.807) is 0 Å². The van der Waals surface area contributed by atoms with Gasteiger partial charge >= 0.3 is 20.8 Å².